The highest BCUT2D eigenvalue weighted by atomic mass is 32.2. The molecule has 0 saturated heterocycles. The van der Waals surface area contributed by atoms with Crippen LogP contribution in [0.5, 0.6) is 0 Å². The molecule has 1 unspecified atom stereocenters. The molecule has 0 amide bonds. The van der Waals surface area contributed by atoms with Crippen molar-refractivity contribution < 1.29 is 32.0 Å². The molecular formula is C12H22O7S. The van der Waals surface area contributed by atoms with Crippen molar-refractivity contribution in [1.82, 2.24) is 0 Å². The monoisotopic (exact) mass is 310 g/mol. The largest absolute Gasteiger partial charge is 0.464 e. The molecule has 0 aliphatic carbocycles. The molecule has 0 aromatic rings. The van der Waals surface area contributed by atoms with E-state index in [1.54, 1.807) is 34.6 Å². The van der Waals surface area contributed by atoms with Gasteiger partial charge in [-0.1, -0.05) is 6.92 Å². The van der Waals surface area contributed by atoms with E-state index in [0.717, 1.165) is 0 Å². The number of esters is 2. The molecule has 0 bridgehead atoms. The number of carbonyl (C=O) groups is 2. The summed E-state index contributed by atoms with van der Waals surface area (Å²) in [4.78, 5) is 23.2. The van der Waals surface area contributed by atoms with E-state index in [4.69, 9.17) is 14.0 Å². The zero-order chi connectivity index (χ0) is 16.2. The summed E-state index contributed by atoms with van der Waals surface area (Å²) in [5.41, 5.74) is -1.74. The summed E-state index contributed by atoms with van der Waals surface area (Å²) in [6.07, 6.45) is 0.348. The van der Waals surface area contributed by atoms with Crippen molar-refractivity contribution in [2.45, 2.75) is 46.6 Å². The van der Waals surface area contributed by atoms with Gasteiger partial charge in [0.15, 0.2) is 5.75 Å². The maximum absolute atomic E-state index is 12.0. The van der Waals surface area contributed by atoms with Gasteiger partial charge in [-0.3, -0.25) is 14.1 Å². The first-order valence-electron chi connectivity index (χ1n) is 6.13. The summed E-state index contributed by atoms with van der Waals surface area (Å²) in [5, 5.41) is 0. The molecule has 118 valence electrons. The fraction of sp³-hybridized carbons (Fsp3) is 0.833. The van der Waals surface area contributed by atoms with Crippen LogP contribution in [0, 0.1) is 5.41 Å². The molecule has 7 nitrogen and oxygen atoms in total. The highest BCUT2D eigenvalue weighted by Gasteiger charge is 2.37. The normalized spacial score (nSPS) is 15.3. The van der Waals surface area contributed by atoms with E-state index < -0.39 is 38.8 Å². The Bertz CT molecular complexity index is 461. The average molecular weight is 310 g/mol. The van der Waals surface area contributed by atoms with Gasteiger partial charge in [0.05, 0.1) is 5.41 Å². The van der Waals surface area contributed by atoms with Gasteiger partial charge in [0.1, 0.15) is 12.2 Å². The van der Waals surface area contributed by atoms with E-state index in [1.165, 1.54) is 0 Å². The van der Waals surface area contributed by atoms with Gasteiger partial charge in [0.25, 0.3) is 10.1 Å². The molecule has 8 heteroatoms. The molecule has 0 saturated carbocycles. The zero-order valence-corrected chi connectivity index (χ0v) is 13.2. The Hall–Kier alpha value is -1.15. The lowest BCUT2D eigenvalue weighted by Crippen LogP contribution is -2.39. The van der Waals surface area contributed by atoms with E-state index in [-0.39, 0.29) is 6.61 Å². The first kappa shape index (κ1) is 18.9. The number of ether oxygens (including phenoxy) is 2. The maximum Gasteiger partial charge on any atom is 0.323 e. The van der Waals surface area contributed by atoms with Crippen LogP contribution in [0.3, 0.4) is 0 Å². The number of carbonyl (C=O) groups excluding carboxylic acids is 2. The molecular weight excluding hydrogens is 288 g/mol. The molecule has 0 aliphatic heterocycles. The van der Waals surface area contributed by atoms with Crippen LogP contribution in [-0.4, -0.2) is 42.9 Å². The molecule has 20 heavy (non-hydrogen) atoms. The molecule has 0 heterocycles. The third-order valence-electron chi connectivity index (χ3n) is 2.52. The summed E-state index contributed by atoms with van der Waals surface area (Å²) in [6, 6.07) is 0. The van der Waals surface area contributed by atoms with E-state index >= 15 is 0 Å². The van der Waals surface area contributed by atoms with E-state index in [2.05, 4.69) is 0 Å². The highest BCUT2D eigenvalue weighted by molar-refractivity contribution is 7.86. The van der Waals surface area contributed by atoms with Crippen molar-refractivity contribution in [3.05, 3.63) is 0 Å². The van der Waals surface area contributed by atoms with Crippen LogP contribution in [-0.2, 0) is 29.2 Å². The standard InChI is InChI=1S/C12H22O7S/c1-6-12(5,10(14)19-11(2,3)4)8-18-9(13)7-20(15,16)17/h6-8H2,1-5H3,(H,15,16,17). The summed E-state index contributed by atoms with van der Waals surface area (Å²) in [5.74, 6) is -2.79. The quantitative estimate of drug-likeness (QED) is 0.579. The Labute approximate surface area is 119 Å². The minimum atomic E-state index is -4.44. The van der Waals surface area contributed by atoms with Crippen molar-refractivity contribution >= 4 is 22.1 Å². The smallest absolute Gasteiger partial charge is 0.323 e. The molecule has 0 rings (SSSR count). The first-order valence-corrected chi connectivity index (χ1v) is 7.74. The number of rotatable bonds is 6. The van der Waals surface area contributed by atoms with Crippen LogP contribution in [0.2, 0.25) is 0 Å². The molecule has 0 radical (unpaired) electrons. The van der Waals surface area contributed by atoms with Gasteiger partial charge in [-0.2, -0.15) is 8.42 Å². The van der Waals surface area contributed by atoms with Gasteiger partial charge in [0, 0.05) is 0 Å². The summed E-state index contributed by atoms with van der Waals surface area (Å²) >= 11 is 0. The average Bonchev–Trinajstić information content (AvgIpc) is 2.21. The van der Waals surface area contributed by atoms with Crippen LogP contribution >= 0.6 is 0 Å². The zero-order valence-electron chi connectivity index (χ0n) is 12.4. The highest BCUT2D eigenvalue weighted by Crippen LogP contribution is 2.26. The maximum atomic E-state index is 12.0. The molecule has 0 aromatic carbocycles. The Kier molecular flexibility index (Phi) is 6.16. The van der Waals surface area contributed by atoms with Crippen molar-refractivity contribution in [2.75, 3.05) is 12.4 Å². The predicted molar refractivity (Wildman–Crippen MR) is 71.6 cm³/mol. The molecule has 0 spiro atoms. The lowest BCUT2D eigenvalue weighted by atomic mass is 9.88. The third kappa shape index (κ3) is 7.44. The predicted octanol–water partition coefficient (Wildman–Crippen LogP) is 1.18. The third-order valence-corrected chi connectivity index (χ3v) is 3.12. The van der Waals surface area contributed by atoms with Gasteiger partial charge in [-0.25, -0.2) is 0 Å². The van der Waals surface area contributed by atoms with Crippen molar-refractivity contribution in [3.63, 3.8) is 0 Å². The van der Waals surface area contributed by atoms with Crippen molar-refractivity contribution in [3.8, 4) is 0 Å². The Morgan fingerprint density at radius 1 is 1.15 bits per heavy atom. The molecule has 0 aliphatic rings. The molecule has 0 fully saturated rings. The number of hydrogen-bond acceptors (Lipinski definition) is 6. The second-order valence-corrected chi connectivity index (χ2v) is 7.26. The summed E-state index contributed by atoms with van der Waals surface area (Å²) in [6.45, 7) is 8.11. The number of hydrogen-bond donors (Lipinski definition) is 1. The van der Waals surface area contributed by atoms with Crippen LogP contribution in [0.1, 0.15) is 41.0 Å². The Balaban J connectivity index is 4.68. The van der Waals surface area contributed by atoms with Crippen molar-refractivity contribution in [1.29, 1.82) is 0 Å². The Morgan fingerprint density at radius 2 is 1.65 bits per heavy atom. The van der Waals surface area contributed by atoms with Crippen molar-refractivity contribution in [2.24, 2.45) is 5.41 Å². The fourth-order valence-corrected chi connectivity index (χ4v) is 1.52. The van der Waals surface area contributed by atoms with Crippen LogP contribution in [0.15, 0.2) is 0 Å². The second kappa shape index (κ2) is 6.53. The lowest BCUT2D eigenvalue weighted by molar-refractivity contribution is -0.172. The van der Waals surface area contributed by atoms with Gasteiger partial charge >= 0.3 is 11.9 Å². The van der Waals surface area contributed by atoms with Gasteiger partial charge in [-0.15, -0.1) is 0 Å². The van der Waals surface area contributed by atoms with Gasteiger partial charge in [0.2, 0.25) is 0 Å². The minimum Gasteiger partial charge on any atom is -0.464 e. The minimum absolute atomic E-state index is 0.313. The summed E-state index contributed by atoms with van der Waals surface area (Å²) in [7, 11) is -4.44. The topological polar surface area (TPSA) is 107 Å². The van der Waals surface area contributed by atoms with E-state index in [9.17, 15) is 18.0 Å². The lowest BCUT2D eigenvalue weighted by Gasteiger charge is -2.30. The SMILES string of the molecule is CCC(C)(COC(=O)CS(=O)(=O)O)C(=O)OC(C)(C)C. The molecule has 1 N–H and O–H groups in total. The van der Waals surface area contributed by atoms with E-state index in [1.807, 2.05) is 0 Å². The fourth-order valence-electron chi connectivity index (χ4n) is 1.14. The second-order valence-electron chi connectivity index (χ2n) is 5.80. The van der Waals surface area contributed by atoms with Gasteiger partial charge < -0.3 is 9.47 Å². The Morgan fingerprint density at radius 3 is 2.00 bits per heavy atom. The molecule has 1 atom stereocenters. The van der Waals surface area contributed by atoms with E-state index in [0.29, 0.717) is 6.42 Å². The first-order chi connectivity index (χ1) is 8.79. The van der Waals surface area contributed by atoms with Crippen LogP contribution in [0.25, 0.3) is 0 Å². The van der Waals surface area contributed by atoms with Gasteiger partial charge in [-0.05, 0) is 34.1 Å². The molecule has 0 aromatic heterocycles. The van der Waals surface area contributed by atoms with Crippen LogP contribution in [0.4, 0.5) is 0 Å². The van der Waals surface area contributed by atoms with Crippen LogP contribution < -0.4 is 0 Å². The summed E-state index contributed by atoms with van der Waals surface area (Å²) < 4.78 is 39.5.